The zero-order chi connectivity index (χ0) is 11.8. The number of pyridine rings is 1. The molecular weight excluding hydrogens is 257 g/mol. The van der Waals surface area contributed by atoms with Crippen LogP contribution in [0.2, 0.25) is 10.0 Å². The molecule has 0 saturated heterocycles. The van der Waals surface area contributed by atoms with Crippen LogP contribution in [0.15, 0.2) is 36.7 Å². The molecule has 3 rings (SSSR count). The topological polar surface area (TPSA) is 42.8 Å². The van der Waals surface area contributed by atoms with Crippen molar-refractivity contribution in [3.8, 4) is 11.4 Å². The van der Waals surface area contributed by atoms with E-state index in [1.807, 2.05) is 24.5 Å². The molecule has 2 N–H and O–H groups in total. The lowest BCUT2D eigenvalue weighted by Gasteiger charge is -1.98. The summed E-state index contributed by atoms with van der Waals surface area (Å²) in [5.74, 6) is 0.776. The van der Waals surface area contributed by atoms with Crippen molar-refractivity contribution in [2.75, 3.05) is 0 Å². The fourth-order valence-corrected chi connectivity index (χ4v) is 1.97. The van der Waals surface area contributed by atoms with Crippen molar-refractivity contribution in [3.63, 3.8) is 0 Å². The molecule has 0 unspecified atom stereocenters. The minimum Gasteiger partial charge on any atom is -0.333 e. The van der Waals surface area contributed by atoms with Gasteiger partial charge in [-0.15, -0.1) is 0 Å². The van der Waals surface area contributed by atoms with Gasteiger partial charge in [0.25, 0.3) is 0 Å². The number of rotatable bonds is 1. The summed E-state index contributed by atoms with van der Waals surface area (Å²) in [5.41, 5.74) is 2.77. The Hall–Kier alpha value is -1.58. The van der Waals surface area contributed by atoms with Crippen LogP contribution in [-0.4, -0.2) is 9.97 Å². The number of halogens is 2. The molecule has 0 fully saturated rings. The Labute approximate surface area is 107 Å². The fourth-order valence-electron chi connectivity index (χ4n) is 1.68. The molecule has 0 radical (unpaired) electrons. The van der Waals surface area contributed by atoms with E-state index in [0.29, 0.717) is 10.0 Å². The summed E-state index contributed by atoms with van der Waals surface area (Å²) in [6.45, 7) is 0. The number of imidazole rings is 1. The van der Waals surface area contributed by atoms with Crippen LogP contribution in [0.4, 0.5) is 0 Å². The predicted octanol–water partition coefficient (Wildman–Crippen LogP) is 3.35. The predicted molar refractivity (Wildman–Crippen MR) is 68.1 cm³/mol. The highest BCUT2D eigenvalue weighted by Crippen LogP contribution is 2.27. The van der Waals surface area contributed by atoms with E-state index in [0.717, 1.165) is 22.4 Å². The molecular formula is C12H8Cl2N3+. The van der Waals surface area contributed by atoms with Gasteiger partial charge in [0.05, 0.1) is 10.0 Å². The summed E-state index contributed by atoms with van der Waals surface area (Å²) >= 11 is 11.9. The molecule has 84 valence electrons. The molecule has 1 aromatic carbocycles. The lowest BCUT2D eigenvalue weighted by Crippen LogP contribution is -1.96. The number of nitrogens with one attached hydrogen (secondary N) is 2. The summed E-state index contributed by atoms with van der Waals surface area (Å²) in [6, 6.07) is 7.35. The van der Waals surface area contributed by atoms with Gasteiger partial charge in [-0.25, -0.2) is 9.97 Å². The highest BCUT2D eigenvalue weighted by atomic mass is 35.5. The molecule has 3 aromatic rings. The van der Waals surface area contributed by atoms with E-state index in [2.05, 4.69) is 15.0 Å². The molecule has 0 aliphatic carbocycles. The zero-order valence-corrected chi connectivity index (χ0v) is 10.2. The van der Waals surface area contributed by atoms with Crippen LogP contribution in [-0.2, 0) is 0 Å². The van der Waals surface area contributed by atoms with Crippen molar-refractivity contribution in [1.29, 1.82) is 0 Å². The maximum atomic E-state index is 5.98. The number of aromatic amines is 2. The maximum Gasteiger partial charge on any atom is 0.193 e. The molecule has 0 atom stereocenters. The Morgan fingerprint density at radius 2 is 2.00 bits per heavy atom. The SMILES string of the molecule is Clc1ccc(-c2nc3cc[nH+]cc3[nH]2)cc1Cl. The van der Waals surface area contributed by atoms with Gasteiger partial charge in [-0.05, 0) is 18.2 Å². The van der Waals surface area contributed by atoms with Crippen molar-refractivity contribution in [2.45, 2.75) is 0 Å². The highest BCUT2D eigenvalue weighted by Gasteiger charge is 2.08. The van der Waals surface area contributed by atoms with E-state index in [9.17, 15) is 0 Å². The van der Waals surface area contributed by atoms with Crippen molar-refractivity contribution < 1.29 is 4.98 Å². The Kier molecular flexibility index (Phi) is 2.50. The first-order valence-corrected chi connectivity index (χ1v) is 5.81. The van der Waals surface area contributed by atoms with Crippen molar-refractivity contribution in [1.82, 2.24) is 9.97 Å². The molecule has 2 aromatic heterocycles. The largest absolute Gasteiger partial charge is 0.333 e. The van der Waals surface area contributed by atoms with Crippen molar-refractivity contribution in [3.05, 3.63) is 46.7 Å². The van der Waals surface area contributed by atoms with Gasteiger partial charge in [-0.2, -0.15) is 0 Å². The first kappa shape index (κ1) is 10.6. The molecule has 0 saturated carbocycles. The molecule has 0 aliphatic rings. The van der Waals surface area contributed by atoms with Crippen LogP contribution in [0, 0.1) is 0 Å². The quantitative estimate of drug-likeness (QED) is 0.720. The van der Waals surface area contributed by atoms with Crippen LogP contribution >= 0.6 is 23.2 Å². The third-order valence-electron chi connectivity index (χ3n) is 2.52. The summed E-state index contributed by atoms with van der Waals surface area (Å²) < 4.78 is 0. The smallest absolute Gasteiger partial charge is 0.193 e. The molecule has 0 amide bonds. The minimum atomic E-state index is 0.524. The number of benzene rings is 1. The second-order valence-corrected chi connectivity index (χ2v) is 4.47. The second-order valence-electron chi connectivity index (χ2n) is 3.66. The molecule has 3 nitrogen and oxygen atoms in total. The van der Waals surface area contributed by atoms with Crippen molar-refractivity contribution >= 4 is 34.2 Å². The van der Waals surface area contributed by atoms with E-state index < -0.39 is 0 Å². The first-order valence-electron chi connectivity index (χ1n) is 5.05. The number of H-pyrrole nitrogens is 2. The fraction of sp³-hybridized carbons (Fsp3) is 0. The van der Waals surface area contributed by atoms with E-state index >= 15 is 0 Å². The molecule has 5 heteroatoms. The van der Waals surface area contributed by atoms with Gasteiger partial charge in [0, 0.05) is 11.6 Å². The summed E-state index contributed by atoms with van der Waals surface area (Å²) in [7, 11) is 0. The molecule has 17 heavy (non-hydrogen) atoms. The number of aromatic nitrogens is 3. The molecule has 0 aliphatic heterocycles. The van der Waals surface area contributed by atoms with Gasteiger partial charge in [0.15, 0.2) is 12.4 Å². The highest BCUT2D eigenvalue weighted by molar-refractivity contribution is 6.42. The van der Waals surface area contributed by atoms with Gasteiger partial charge in [0.1, 0.15) is 16.9 Å². The normalized spacial score (nSPS) is 10.9. The maximum absolute atomic E-state index is 5.98. The number of hydrogen-bond acceptors (Lipinski definition) is 1. The molecule has 0 spiro atoms. The second kappa shape index (κ2) is 4.02. The van der Waals surface area contributed by atoms with Crippen LogP contribution in [0.5, 0.6) is 0 Å². The minimum absolute atomic E-state index is 0.524. The average molecular weight is 265 g/mol. The monoisotopic (exact) mass is 264 g/mol. The van der Waals surface area contributed by atoms with Gasteiger partial charge in [-0.3, -0.25) is 0 Å². The Morgan fingerprint density at radius 1 is 1.12 bits per heavy atom. The summed E-state index contributed by atoms with van der Waals surface area (Å²) in [4.78, 5) is 10.7. The van der Waals surface area contributed by atoms with Crippen LogP contribution < -0.4 is 4.98 Å². The number of nitrogens with zero attached hydrogens (tertiary/aromatic N) is 1. The van der Waals surface area contributed by atoms with E-state index in [1.165, 1.54) is 0 Å². The van der Waals surface area contributed by atoms with E-state index in [-0.39, 0.29) is 0 Å². The number of fused-ring (bicyclic) bond motifs is 1. The van der Waals surface area contributed by atoms with Crippen molar-refractivity contribution in [2.24, 2.45) is 0 Å². The van der Waals surface area contributed by atoms with Crippen LogP contribution in [0.3, 0.4) is 0 Å². The average Bonchev–Trinajstić information content (AvgIpc) is 2.76. The lowest BCUT2D eigenvalue weighted by atomic mass is 10.2. The Bertz CT molecular complexity index is 658. The Morgan fingerprint density at radius 3 is 2.76 bits per heavy atom. The van der Waals surface area contributed by atoms with Gasteiger partial charge in [0.2, 0.25) is 0 Å². The summed E-state index contributed by atoms with van der Waals surface area (Å²) in [5, 5.41) is 1.07. The van der Waals surface area contributed by atoms with E-state index in [1.54, 1.807) is 12.1 Å². The van der Waals surface area contributed by atoms with Gasteiger partial charge >= 0.3 is 0 Å². The lowest BCUT2D eigenvalue weighted by molar-refractivity contribution is -0.376. The van der Waals surface area contributed by atoms with Crippen LogP contribution in [0.25, 0.3) is 22.4 Å². The molecule has 2 heterocycles. The standard InChI is InChI=1S/C12H7Cl2N3/c13-8-2-1-7(5-9(8)14)12-16-10-3-4-15-6-11(10)17-12/h1-6H,(H,16,17)/p+1. The molecule has 0 bridgehead atoms. The third-order valence-corrected chi connectivity index (χ3v) is 3.26. The van der Waals surface area contributed by atoms with Gasteiger partial charge < -0.3 is 4.98 Å². The zero-order valence-electron chi connectivity index (χ0n) is 8.67. The Balaban J connectivity index is 2.17. The van der Waals surface area contributed by atoms with Gasteiger partial charge in [-0.1, -0.05) is 23.2 Å². The third kappa shape index (κ3) is 1.88. The first-order chi connectivity index (χ1) is 8.24. The summed E-state index contributed by atoms with van der Waals surface area (Å²) in [6.07, 6.45) is 3.70. The number of hydrogen-bond donors (Lipinski definition) is 1. The van der Waals surface area contributed by atoms with Crippen LogP contribution in [0.1, 0.15) is 0 Å². The van der Waals surface area contributed by atoms with E-state index in [4.69, 9.17) is 23.2 Å².